The Balaban J connectivity index is 0.00000364. The fourth-order valence-corrected chi connectivity index (χ4v) is 3.57. The van der Waals surface area contributed by atoms with E-state index in [4.69, 9.17) is 4.99 Å². The number of nitrogens with zero attached hydrogens (tertiary/aromatic N) is 3. The number of aromatic nitrogens is 2. The topological polar surface area (TPSA) is 62.2 Å². The molecule has 0 radical (unpaired) electrons. The first-order valence-corrected chi connectivity index (χ1v) is 10.3. The average Bonchev–Trinajstić information content (AvgIpc) is 3.10. The molecule has 0 saturated carbocycles. The molecular weight excluding hydrogens is 469 g/mol. The fraction of sp³-hybridized carbons (Fsp3) is 0.550. The van der Waals surface area contributed by atoms with Crippen LogP contribution in [0.5, 0.6) is 0 Å². The van der Waals surface area contributed by atoms with Gasteiger partial charge in [0.25, 0.3) is 0 Å². The molecule has 1 atom stereocenters. The Morgan fingerprint density at radius 2 is 2.00 bits per heavy atom. The molecule has 0 amide bonds. The van der Waals surface area contributed by atoms with E-state index in [9.17, 15) is 0 Å². The lowest BCUT2D eigenvalue weighted by Gasteiger charge is -2.22. The molecule has 0 aliphatic carbocycles. The number of nitrogens with one attached hydrogen (secondary N) is 2. The van der Waals surface area contributed by atoms with Gasteiger partial charge in [0.15, 0.2) is 5.96 Å². The van der Waals surface area contributed by atoms with Gasteiger partial charge in [-0.25, -0.2) is 9.98 Å². The first-order chi connectivity index (χ1) is 12.5. The van der Waals surface area contributed by atoms with Crippen molar-refractivity contribution in [3.05, 3.63) is 46.2 Å². The predicted octanol–water partition coefficient (Wildman–Crippen LogP) is 4.77. The van der Waals surface area contributed by atoms with E-state index in [0.29, 0.717) is 24.3 Å². The van der Waals surface area contributed by atoms with E-state index in [1.165, 1.54) is 5.56 Å². The number of halogens is 1. The normalized spacial score (nSPS) is 12.8. The first-order valence-electron chi connectivity index (χ1n) is 9.37. The van der Waals surface area contributed by atoms with E-state index in [1.807, 2.05) is 18.5 Å². The second kappa shape index (κ2) is 12.3. The molecule has 0 fully saturated rings. The molecule has 2 aromatic rings. The van der Waals surface area contributed by atoms with Gasteiger partial charge in [0, 0.05) is 36.8 Å². The van der Waals surface area contributed by atoms with E-state index in [1.54, 1.807) is 11.3 Å². The molecule has 0 bridgehead atoms. The van der Waals surface area contributed by atoms with Crippen LogP contribution in [0, 0.1) is 5.92 Å². The molecule has 0 saturated heterocycles. The van der Waals surface area contributed by atoms with Crippen LogP contribution in [0.1, 0.15) is 62.7 Å². The van der Waals surface area contributed by atoms with Crippen LogP contribution < -0.4 is 10.6 Å². The van der Waals surface area contributed by atoms with Gasteiger partial charge in [-0.1, -0.05) is 33.8 Å². The van der Waals surface area contributed by atoms with Gasteiger partial charge in [-0.15, -0.1) is 35.3 Å². The standard InChI is InChI=1S/C20H31N5S.HI/c1-6-22-20(24-12-19-25-18(13-26-19)15(4)5)23-11-17(14(2)3)16-8-7-9-21-10-16;/h7-10,13-15,17H,6,11-12H2,1-5H3,(H2,22,23,24);1H. The van der Waals surface area contributed by atoms with Crippen molar-refractivity contribution in [1.29, 1.82) is 0 Å². The van der Waals surface area contributed by atoms with Gasteiger partial charge in [0.05, 0.1) is 12.2 Å². The molecule has 7 heteroatoms. The summed E-state index contributed by atoms with van der Waals surface area (Å²) in [5.74, 6) is 2.20. The minimum absolute atomic E-state index is 0. The van der Waals surface area contributed by atoms with Crippen molar-refractivity contribution in [2.45, 2.75) is 53.0 Å². The van der Waals surface area contributed by atoms with Crippen LogP contribution in [0.2, 0.25) is 0 Å². The van der Waals surface area contributed by atoms with Gasteiger partial charge in [0.1, 0.15) is 5.01 Å². The molecule has 2 rings (SSSR count). The lowest BCUT2D eigenvalue weighted by molar-refractivity contribution is 0.487. The van der Waals surface area contributed by atoms with Crippen molar-refractivity contribution in [3.8, 4) is 0 Å². The first kappa shape index (κ1) is 23.8. The minimum Gasteiger partial charge on any atom is -0.357 e. The summed E-state index contributed by atoms with van der Waals surface area (Å²) in [6.45, 7) is 13.2. The number of rotatable bonds is 8. The molecule has 27 heavy (non-hydrogen) atoms. The zero-order valence-electron chi connectivity index (χ0n) is 16.9. The molecule has 150 valence electrons. The molecule has 0 spiro atoms. The molecule has 2 N–H and O–H groups in total. The molecule has 0 aliphatic rings. The predicted molar refractivity (Wildman–Crippen MR) is 126 cm³/mol. The third-order valence-corrected chi connectivity index (χ3v) is 5.14. The van der Waals surface area contributed by atoms with E-state index >= 15 is 0 Å². The Kier molecular flexibility index (Phi) is 10.8. The highest BCUT2D eigenvalue weighted by Crippen LogP contribution is 2.22. The Morgan fingerprint density at radius 1 is 1.22 bits per heavy atom. The van der Waals surface area contributed by atoms with Crippen molar-refractivity contribution < 1.29 is 0 Å². The third-order valence-electron chi connectivity index (χ3n) is 4.28. The SMILES string of the molecule is CCNC(=NCc1nc(C(C)C)cs1)NCC(c1cccnc1)C(C)C.I. The molecular formula is C20H32IN5S. The maximum atomic E-state index is 4.71. The highest BCUT2D eigenvalue weighted by molar-refractivity contribution is 14.0. The lowest BCUT2D eigenvalue weighted by Crippen LogP contribution is -2.40. The van der Waals surface area contributed by atoms with Crippen molar-refractivity contribution in [2.24, 2.45) is 10.9 Å². The van der Waals surface area contributed by atoms with Crippen molar-refractivity contribution >= 4 is 41.3 Å². The monoisotopic (exact) mass is 501 g/mol. The van der Waals surface area contributed by atoms with Gasteiger partial charge in [-0.3, -0.25) is 4.98 Å². The molecule has 0 aromatic carbocycles. The van der Waals surface area contributed by atoms with Crippen LogP contribution in [-0.4, -0.2) is 29.0 Å². The average molecular weight is 501 g/mol. The number of thiazole rings is 1. The zero-order chi connectivity index (χ0) is 18.9. The van der Waals surface area contributed by atoms with Gasteiger partial charge in [-0.2, -0.15) is 0 Å². The summed E-state index contributed by atoms with van der Waals surface area (Å²) in [6, 6.07) is 4.14. The Bertz CT molecular complexity index is 685. The summed E-state index contributed by atoms with van der Waals surface area (Å²) in [4.78, 5) is 13.6. The van der Waals surface area contributed by atoms with Gasteiger partial charge in [-0.05, 0) is 30.4 Å². The Labute approximate surface area is 184 Å². The Morgan fingerprint density at radius 3 is 2.56 bits per heavy atom. The molecule has 2 heterocycles. The fourth-order valence-electron chi connectivity index (χ4n) is 2.69. The second-order valence-corrected chi connectivity index (χ2v) is 7.98. The summed E-state index contributed by atoms with van der Waals surface area (Å²) in [5, 5.41) is 10.0. The van der Waals surface area contributed by atoms with Crippen molar-refractivity contribution in [3.63, 3.8) is 0 Å². The highest BCUT2D eigenvalue weighted by atomic mass is 127. The molecule has 2 aromatic heterocycles. The second-order valence-electron chi connectivity index (χ2n) is 7.03. The summed E-state index contributed by atoms with van der Waals surface area (Å²) >= 11 is 1.68. The molecule has 0 aliphatic heterocycles. The van der Waals surface area contributed by atoms with E-state index in [-0.39, 0.29) is 24.0 Å². The molecule has 1 unspecified atom stereocenters. The third kappa shape index (κ3) is 7.73. The number of pyridine rings is 1. The number of guanidine groups is 1. The smallest absolute Gasteiger partial charge is 0.191 e. The maximum absolute atomic E-state index is 4.71. The quantitative estimate of drug-likeness (QED) is 0.311. The summed E-state index contributed by atoms with van der Waals surface area (Å²) < 4.78 is 0. The van der Waals surface area contributed by atoms with E-state index < -0.39 is 0 Å². The van der Waals surface area contributed by atoms with Gasteiger partial charge < -0.3 is 10.6 Å². The van der Waals surface area contributed by atoms with Crippen molar-refractivity contribution in [2.75, 3.05) is 13.1 Å². The van der Waals surface area contributed by atoms with Crippen LogP contribution in [0.3, 0.4) is 0 Å². The summed E-state index contributed by atoms with van der Waals surface area (Å²) in [5.41, 5.74) is 2.40. The minimum atomic E-state index is 0. The number of aliphatic imine (C=N–C) groups is 1. The summed E-state index contributed by atoms with van der Waals surface area (Å²) in [7, 11) is 0. The Hall–Kier alpha value is -1.22. The largest absolute Gasteiger partial charge is 0.357 e. The van der Waals surface area contributed by atoms with Crippen molar-refractivity contribution in [1.82, 2.24) is 20.6 Å². The van der Waals surface area contributed by atoms with Gasteiger partial charge >= 0.3 is 0 Å². The van der Waals surface area contributed by atoms with E-state index in [0.717, 1.165) is 29.8 Å². The lowest BCUT2D eigenvalue weighted by atomic mass is 9.89. The van der Waals surface area contributed by atoms with Crippen LogP contribution in [0.15, 0.2) is 34.9 Å². The number of hydrogen-bond donors (Lipinski definition) is 2. The zero-order valence-corrected chi connectivity index (χ0v) is 20.0. The summed E-state index contributed by atoms with van der Waals surface area (Å²) in [6.07, 6.45) is 3.78. The van der Waals surface area contributed by atoms with Crippen LogP contribution in [-0.2, 0) is 6.54 Å². The maximum Gasteiger partial charge on any atom is 0.191 e. The molecule has 5 nitrogen and oxygen atoms in total. The van der Waals surface area contributed by atoms with E-state index in [2.05, 4.69) is 66.7 Å². The van der Waals surface area contributed by atoms with Gasteiger partial charge in [0.2, 0.25) is 0 Å². The number of hydrogen-bond acceptors (Lipinski definition) is 4. The van der Waals surface area contributed by atoms with Crippen LogP contribution in [0.25, 0.3) is 0 Å². The van der Waals surface area contributed by atoms with Crippen LogP contribution in [0.4, 0.5) is 0 Å². The highest BCUT2D eigenvalue weighted by Gasteiger charge is 2.16. The van der Waals surface area contributed by atoms with Crippen LogP contribution >= 0.6 is 35.3 Å².